The van der Waals surface area contributed by atoms with Crippen LogP contribution in [-0.2, 0) is 11.8 Å². The van der Waals surface area contributed by atoms with Gasteiger partial charge in [0.25, 0.3) is 0 Å². The monoisotopic (exact) mass is 188 g/mol. The Labute approximate surface area is 51.2 Å². The van der Waals surface area contributed by atoms with E-state index in [1.165, 1.54) is 0 Å². The Kier molecular flexibility index (Phi) is 5.28. The summed E-state index contributed by atoms with van der Waals surface area (Å²) < 4.78 is 0. The Morgan fingerprint density at radius 3 is 1.17 bits per heavy atom. The van der Waals surface area contributed by atoms with Crippen molar-refractivity contribution < 1.29 is 14.7 Å². The quantitative estimate of drug-likeness (QED) is 0.329. The molecule has 6 heavy (non-hydrogen) atoms. The SMILES string of the molecule is OP(O)(O)=S.[Ge]. The molecule has 0 heterocycles. The van der Waals surface area contributed by atoms with Crippen LogP contribution < -0.4 is 0 Å². The predicted molar refractivity (Wildman–Crippen MR) is 26.7 cm³/mol. The van der Waals surface area contributed by atoms with Gasteiger partial charge in [0.05, 0.1) is 0 Å². The van der Waals surface area contributed by atoms with Crippen molar-refractivity contribution in [1.82, 2.24) is 0 Å². The summed E-state index contributed by atoms with van der Waals surface area (Å²) in [6.07, 6.45) is 0. The van der Waals surface area contributed by atoms with E-state index in [0.717, 1.165) is 0 Å². The van der Waals surface area contributed by atoms with E-state index < -0.39 is 6.72 Å². The largest absolute Gasteiger partial charge is 0.325 e. The Hall–Kier alpha value is 1.07. The van der Waals surface area contributed by atoms with Gasteiger partial charge in [0.2, 0.25) is 0 Å². The molecule has 0 saturated heterocycles. The summed E-state index contributed by atoms with van der Waals surface area (Å²) in [4.78, 5) is 22.7. The van der Waals surface area contributed by atoms with E-state index >= 15 is 0 Å². The minimum atomic E-state index is -3.81. The molecule has 0 atom stereocenters. The third kappa shape index (κ3) is 73.1. The van der Waals surface area contributed by atoms with E-state index in [1.807, 2.05) is 0 Å². The molecule has 0 aliphatic rings. The smallest absolute Gasteiger partial charge is 0.319 e. The standard InChI is InChI=1S/Ge.H3O3PS/c;1-4(2,3)5/h;(H3,1,2,3,5). The van der Waals surface area contributed by atoms with Crippen LogP contribution in [0.3, 0.4) is 0 Å². The van der Waals surface area contributed by atoms with Crippen LogP contribution in [0.1, 0.15) is 0 Å². The van der Waals surface area contributed by atoms with Crippen LogP contribution in [-0.4, -0.2) is 32.3 Å². The fourth-order valence-corrected chi connectivity index (χ4v) is 0. The van der Waals surface area contributed by atoms with Crippen molar-refractivity contribution in [2.45, 2.75) is 0 Å². The van der Waals surface area contributed by atoms with Crippen LogP contribution in [0, 0.1) is 0 Å². The van der Waals surface area contributed by atoms with Crippen LogP contribution in [0.2, 0.25) is 0 Å². The van der Waals surface area contributed by atoms with E-state index in [4.69, 9.17) is 14.7 Å². The van der Waals surface area contributed by atoms with E-state index in [2.05, 4.69) is 11.8 Å². The molecule has 0 aromatic heterocycles. The molecule has 3 N–H and O–H groups in total. The van der Waals surface area contributed by atoms with Gasteiger partial charge in [-0.3, -0.25) is 0 Å². The maximum absolute atomic E-state index is 7.56. The molecule has 0 aliphatic heterocycles. The van der Waals surface area contributed by atoms with Gasteiger partial charge in [-0.1, -0.05) is 0 Å². The molecule has 0 aromatic rings. The third-order valence-electron chi connectivity index (χ3n) is 0. The van der Waals surface area contributed by atoms with Gasteiger partial charge in [0.1, 0.15) is 0 Å². The summed E-state index contributed by atoms with van der Waals surface area (Å²) in [5.41, 5.74) is 0. The zero-order valence-corrected chi connectivity index (χ0v) is 6.51. The average molecular weight is 187 g/mol. The van der Waals surface area contributed by atoms with Crippen molar-refractivity contribution in [2.75, 3.05) is 0 Å². The molecule has 4 radical (unpaired) electrons. The Morgan fingerprint density at radius 2 is 1.17 bits per heavy atom. The fourth-order valence-electron chi connectivity index (χ4n) is 0. The molecule has 0 bridgehead atoms. The van der Waals surface area contributed by atoms with Crippen molar-refractivity contribution in [1.29, 1.82) is 0 Å². The Balaban J connectivity index is 0. The summed E-state index contributed by atoms with van der Waals surface area (Å²) in [6, 6.07) is 0. The average Bonchev–Trinajstić information content (AvgIpc) is 0.722. The van der Waals surface area contributed by atoms with Crippen molar-refractivity contribution in [3.05, 3.63) is 0 Å². The first-order valence-corrected chi connectivity index (χ1v) is 3.44. The number of hydrogen-bond acceptors (Lipinski definition) is 1. The van der Waals surface area contributed by atoms with Gasteiger partial charge < -0.3 is 14.7 Å². The second kappa shape index (κ2) is 3.12. The minimum absolute atomic E-state index is 0. The van der Waals surface area contributed by atoms with Gasteiger partial charge in [0.15, 0.2) is 0 Å². The predicted octanol–water partition coefficient (Wildman–Crippen LogP) is -1.19. The molecule has 6 heteroatoms. The van der Waals surface area contributed by atoms with Gasteiger partial charge in [-0.2, -0.15) is 0 Å². The van der Waals surface area contributed by atoms with Gasteiger partial charge in [-0.15, -0.1) is 0 Å². The molecule has 0 unspecified atom stereocenters. The Morgan fingerprint density at radius 1 is 1.17 bits per heavy atom. The first-order chi connectivity index (χ1) is 2.00. The maximum Gasteiger partial charge on any atom is 0.319 e. The van der Waals surface area contributed by atoms with Crippen LogP contribution in [0.15, 0.2) is 0 Å². The number of rotatable bonds is 0. The van der Waals surface area contributed by atoms with Crippen molar-refractivity contribution in [3.8, 4) is 0 Å². The van der Waals surface area contributed by atoms with Crippen molar-refractivity contribution in [3.63, 3.8) is 0 Å². The molecular weight excluding hydrogens is 184 g/mol. The normalized spacial score (nSPS) is 9.83. The molecule has 0 aliphatic carbocycles. The molecule has 0 aromatic carbocycles. The van der Waals surface area contributed by atoms with Crippen molar-refractivity contribution in [2.24, 2.45) is 0 Å². The molecule has 36 valence electrons. The fraction of sp³-hybridized carbons (Fsp3) is 0. The molecular formula is H3GeO3PS. The van der Waals surface area contributed by atoms with E-state index in [9.17, 15) is 0 Å². The molecule has 0 saturated carbocycles. The maximum atomic E-state index is 7.56. The first-order valence-electron chi connectivity index (χ1n) is 0.783. The molecule has 0 spiro atoms. The van der Waals surface area contributed by atoms with Crippen LogP contribution in [0.25, 0.3) is 0 Å². The molecule has 0 fully saturated rings. The zero-order valence-electron chi connectivity index (χ0n) is 2.70. The van der Waals surface area contributed by atoms with Gasteiger partial charge >= 0.3 is 6.72 Å². The molecule has 0 rings (SSSR count). The van der Waals surface area contributed by atoms with Crippen LogP contribution in [0.4, 0.5) is 0 Å². The van der Waals surface area contributed by atoms with E-state index in [-0.39, 0.29) is 17.6 Å². The first kappa shape index (κ1) is 10.1. The van der Waals surface area contributed by atoms with Crippen LogP contribution in [0.5, 0.6) is 0 Å². The summed E-state index contributed by atoms with van der Waals surface area (Å²) in [7, 11) is 0. The van der Waals surface area contributed by atoms with E-state index in [0.29, 0.717) is 0 Å². The summed E-state index contributed by atoms with van der Waals surface area (Å²) >= 11 is 3.60. The third-order valence-corrected chi connectivity index (χ3v) is 0. The van der Waals surface area contributed by atoms with Crippen LogP contribution >= 0.6 is 6.72 Å². The summed E-state index contributed by atoms with van der Waals surface area (Å²) in [5, 5.41) is 0. The second-order valence-corrected chi connectivity index (χ2v) is 3.01. The zero-order chi connectivity index (χ0) is 4.50. The van der Waals surface area contributed by atoms with E-state index in [1.54, 1.807) is 0 Å². The second-order valence-electron chi connectivity index (χ2n) is 0.513. The summed E-state index contributed by atoms with van der Waals surface area (Å²) in [6.45, 7) is -3.81. The van der Waals surface area contributed by atoms with Gasteiger partial charge in [-0.05, 0) is 11.8 Å². The summed E-state index contributed by atoms with van der Waals surface area (Å²) in [5.74, 6) is 0. The number of hydrogen-bond donors (Lipinski definition) is 3. The van der Waals surface area contributed by atoms with Gasteiger partial charge in [0, 0.05) is 17.6 Å². The Bertz CT molecular complexity index is 56.9. The molecule has 3 nitrogen and oxygen atoms in total. The topological polar surface area (TPSA) is 60.7 Å². The minimum Gasteiger partial charge on any atom is -0.325 e. The van der Waals surface area contributed by atoms with Crippen molar-refractivity contribution >= 4 is 36.1 Å². The molecule has 0 amide bonds. The van der Waals surface area contributed by atoms with Gasteiger partial charge in [-0.25, -0.2) is 0 Å².